The lowest BCUT2D eigenvalue weighted by atomic mass is 10.00. The van der Waals surface area contributed by atoms with Gasteiger partial charge in [-0.3, -0.25) is 38.7 Å². The van der Waals surface area contributed by atoms with Crippen LogP contribution in [0, 0.1) is 25.5 Å². The smallest absolute Gasteiger partial charge is 0.251 e. The molecule has 4 aliphatic rings. The highest BCUT2D eigenvalue weighted by atomic mass is 19.1. The summed E-state index contributed by atoms with van der Waals surface area (Å²) in [4.78, 5) is 82.3. The van der Waals surface area contributed by atoms with Crippen molar-refractivity contribution >= 4 is 63.4 Å². The number of fused-ring (bicyclic) bond motifs is 2. The van der Waals surface area contributed by atoms with Crippen molar-refractivity contribution in [2.45, 2.75) is 151 Å². The third kappa shape index (κ3) is 23.4. The summed E-state index contributed by atoms with van der Waals surface area (Å²) in [7, 11) is 0. The Balaban J connectivity index is 0.000000179. The van der Waals surface area contributed by atoms with Crippen molar-refractivity contribution in [2.75, 3.05) is 89.4 Å². The second-order valence-electron chi connectivity index (χ2n) is 32.5. The standard InChI is InChI=1S/C50H57FN8O3.C38H39FN6O4.C12H18N2/c1-4-46-43(47(55-41-17-23-62-24-18-41)44-31-54-59(5-2)48(44)56-46)30-53-50(61)40-14-8-13-39(28-40)49(60)52-29-35-15-16-45(51)42(27-35)38-12-7-11-37(26-38)33-58-21-19-57(20-22-58)32-36-10-6-9-34(3)25-36;1-3-34-31(35(43-29-13-15-49-16-14-29)32-22-42-45(4-2)36(32)44-34)21-41-38(48)28-10-6-9-27(19-28)37(47)40-20-24-11-12-33(39)30(18-24)26-8-5-7-25(17-26)23-46;1-11-3-2-4-12(9-11)10-14-7-5-13-6-8-14/h6-16,25-28,31,41H,4-5,17-24,29-30,32-33H2,1-3H3,(H,52,60)(H,53,61)(H,55,56);5-12,17-19,22-23,29H,3-4,13-16,20-21H2,1-2H3,(H,40,47)(H,41,48)(H,43,44);2-4,9,13H,5-8,10H2,1H3. The maximum absolute atomic E-state index is 15.3. The first-order valence-electron chi connectivity index (χ1n) is 43.9. The summed E-state index contributed by atoms with van der Waals surface area (Å²) < 4.78 is 45.0. The van der Waals surface area contributed by atoms with Crippen molar-refractivity contribution in [1.82, 2.24) is 70.8 Å². The average Bonchev–Trinajstić information content (AvgIpc) is 1.64. The van der Waals surface area contributed by atoms with Crippen LogP contribution in [-0.2, 0) is 81.2 Å². The van der Waals surface area contributed by atoms with Gasteiger partial charge in [0.05, 0.1) is 34.5 Å². The Morgan fingerprint density at radius 1 is 0.440 bits per heavy atom. The number of carbonyl (C=O) groups excluding carboxylic acids is 5. The van der Waals surface area contributed by atoms with Gasteiger partial charge in [-0.15, -0.1) is 0 Å². The number of benzene rings is 8. The van der Waals surface area contributed by atoms with Gasteiger partial charge in [0.2, 0.25) is 0 Å². The Labute approximate surface area is 730 Å². The first-order valence-corrected chi connectivity index (χ1v) is 43.9. The lowest BCUT2D eigenvalue weighted by molar-refractivity contribution is 0.0903. The maximum Gasteiger partial charge on any atom is 0.251 e. The van der Waals surface area contributed by atoms with Crippen LogP contribution in [0.15, 0.2) is 194 Å². The van der Waals surface area contributed by atoms with Crippen molar-refractivity contribution in [1.29, 1.82) is 0 Å². The van der Waals surface area contributed by atoms with Gasteiger partial charge in [0.25, 0.3) is 23.6 Å². The molecule has 0 bridgehead atoms. The normalized spacial score (nSPS) is 14.8. The molecule has 0 aliphatic carbocycles. The highest BCUT2D eigenvalue weighted by molar-refractivity contribution is 6.01. The van der Waals surface area contributed by atoms with E-state index >= 15 is 4.39 Å². The van der Waals surface area contributed by atoms with Crippen molar-refractivity contribution in [2.24, 2.45) is 0 Å². The Morgan fingerprint density at radius 2 is 0.824 bits per heavy atom. The Bertz CT molecular complexity index is 5750. The number of piperazine rings is 2. The molecule has 12 aromatic rings. The van der Waals surface area contributed by atoms with E-state index in [4.69, 9.17) is 19.4 Å². The fourth-order valence-electron chi connectivity index (χ4n) is 16.7. The number of aromatic nitrogens is 6. The molecule has 7 N–H and O–H groups in total. The molecule has 4 saturated heterocycles. The fraction of sp³-hybridized carbons (Fsp3) is 0.350. The summed E-state index contributed by atoms with van der Waals surface area (Å²) in [5.74, 6) is -2.06. The number of aldehydes is 1. The van der Waals surface area contributed by atoms with Crippen LogP contribution >= 0.6 is 0 Å². The number of halogens is 2. The lowest BCUT2D eigenvalue weighted by Crippen LogP contribution is -2.45. The monoisotopic (exact) mass is 1690 g/mol. The Hall–Kier alpha value is -12.2. The molecule has 8 heterocycles. The molecule has 4 amide bonds. The predicted molar refractivity (Wildman–Crippen MR) is 488 cm³/mol. The summed E-state index contributed by atoms with van der Waals surface area (Å²) in [6, 6.07) is 55.5. The molecule has 650 valence electrons. The quantitative estimate of drug-likeness (QED) is 0.0215. The SMILES string of the molecule is CCc1nc2c(cnn2CC)c(NC2CCOCC2)c1CNC(=O)c1cccc(C(=O)NCc2ccc(F)c(-c3cccc(C=O)c3)c2)c1.CCc1nc2c(cnn2CC)c(NC2CCOCC2)c1CNC(=O)c1cccc(C(=O)NCc2ccc(F)c(-c3cccc(CN4CCN(Cc5cccc(C)c5)CC4)c3)c2)c1.Cc1cccc(CN2CCNCC2)c1. The summed E-state index contributed by atoms with van der Waals surface area (Å²) >= 11 is 0. The largest absolute Gasteiger partial charge is 0.381 e. The number of hydrogen-bond donors (Lipinski definition) is 7. The van der Waals surface area contributed by atoms with Gasteiger partial charge in [0.15, 0.2) is 11.3 Å². The highest BCUT2D eigenvalue weighted by Gasteiger charge is 2.27. The minimum atomic E-state index is -0.430. The summed E-state index contributed by atoms with van der Waals surface area (Å²) in [6.07, 6.45) is 9.29. The van der Waals surface area contributed by atoms with E-state index in [0.717, 1.165) is 157 Å². The molecule has 0 atom stereocenters. The zero-order valence-electron chi connectivity index (χ0n) is 72.4. The average molecular weight is 1690 g/mol. The fourth-order valence-corrected chi connectivity index (χ4v) is 16.7. The number of carbonyl (C=O) groups is 5. The maximum atomic E-state index is 15.3. The third-order valence-electron chi connectivity index (χ3n) is 23.6. The molecular weight excluding hydrogens is 1580 g/mol. The Morgan fingerprint density at radius 3 is 1.23 bits per heavy atom. The number of nitrogens with zero attached hydrogens (tertiary/aromatic N) is 9. The minimum absolute atomic E-state index is 0.142. The van der Waals surface area contributed by atoms with Crippen LogP contribution in [-0.4, -0.2) is 165 Å². The molecule has 16 rings (SSSR count). The van der Waals surface area contributed by atoms with E-state index in [0.29, 0.717) is 109 Å². The topological polar surface area (TPSA) is 259 Å². The second kappa shape index (κ2) is 43.4. The van der Waals surface area contributed by atoms with Crippen LogP contribution in [0.5, 0.6) is 0 Å². The van der Waals surface area contributed by atoms with E-state index < -0.39 is 5.82 Å². The van der Waals surface area contributed by atoms with Crippen LogP contribution in [0.3, 0.4) is 0 Å². The van der Waals surface area contributed by atoms with Crippen molar-refractivity contribution in [3.63, 3.8) is 0 Å². The molecule has 0 unspecified atom stereocenters. The van der Waals surface area contributed by atoms with Crippen LogP contribution in [0.1, 0.15) is 167 Å². The first kappa shape index (κ1) is 89.1. The number of amides is 4. The molecule has 23 nitrogen and oxygen atoms in total. The van der Waals surface area contributed by atoms with E-state index in [9.17, 15) is 28.4 Å². The number of hydrogen-bond acceptors (Lipinski definition) is 17. The molecule has 4 aromatic heterocycles. The highest BCUT2D eigenvalue weighted by Crippen LogP contribution is 2.35. The molecule has 0 spiro atoms. The van der Waals surface area contributed by atoms with E-state index in [1.165, 1.54) is 47.5 Å². The minimum Gasteiger partial charge on any atom is -0.381 e. The number of rotatable bonds is 29. The van der Waals surface area contributed by atoms with Gasteiger partial charge < -0.3 is 46.7 Å². The zero-order chi connectivity index (χ0) is 87.1. The molecule has 0 saturated carbocycles. The van der Waals surface area contributed by atoms with Gasteiger partial charge in [-0.1, -0.05) is 134 Å². The molecule has 4 fully saturated rings. The number of pyridine rings is 2. The van der Waals surface area contributed by atoms with Crippen LogP contribution < -0.4 is 37.2 Å². The van der Waals surface area contributed by atoms with Crippen LogP contribution in [0.4, 0.5) is 20.2 Å². The number of ether oxygens (including phenoxy) is 2. The molecule has 125 heavy (non-hydrogen) atoms. The molecule has 4 aliphatic heterocycles. The Kier molecular flexibility index (Phi) is 30.9. The summed E-state index contributed by atoms with van der Waals surface area (Å²) in [6.45, 7) is 28.9. The third-order valence-corrected chi connectivity index (χ3v) is 23.6. The second-order valence-corrected chi connectivity index (χ2v) is 32.5. The van der Waals surface area contributed by atoms with Gasteiger partial charge in [0.1, 0.15) is 17.9 Å². The first-order chi connectivity index (χ1) is 61.0. The van der Waals surface area contributed by atoms with Gasteiger partial charge in [-0.2, -0.15) is 10.2 Å². The van der Waals surface area contributed by atoms with E-state index in [2.05, 4.69) is 144 Å². The zero-order valence-corrected chi connectivity index (χ0v) is 72.4. The molecule has 25 heteroatoms. The van der Waals surface area contributed by atoms with E-state index in [-0.39, 0.29) is 67.7 Å². The summed E-state index contributed by atoms with van der Waals surface area (Å²) in [5.41, 5.74) is 19.2. The van der Waals surface area contributed by atoms with Gasteiger partial charge in [-0.25, -0.2) is 28.1 Å². The predicted octanol–water partition coefficient (Wildman–Crippen LogP) is 15.4. The number of aryl methyl sites for hydroxylation is 6. The number of anilines is 2. The van der Waals surface area contributed by atoms with E-state index in [1.54, 1.807) is 97.1 Å². The van der Waals surface area contributed by atoms with E-state index in [1.807, 2.05) is 54.7 Å². The molecule has 8 aromatic carbocycles. The molecular formula is C100H114F2N16O7. The van der Waals surface area contributed by atoms with Gasteiger partial charge in [0, 0.05) is 211 Å². The number of nitrogens with one attached hydrogen (secondary N) is 7. The van der Waals surface area contributed by atoms with Gasteiger partial charge in [-0.05, 0) is 178 Å². The summed E-state index contributed by atoms with van der Waals surface area (Å²) in [5, 5.41) is 33.8. The van der Waals surface area contributed by atoms with Gasteiger partial charge >= 0.3 is 0 Å². The van der Waals surface area contributed by atoms with Crippen LogP contribution in [0.25, 0.3) is 44.3 Å². The molecule has 0 radical (unpaired) electrons. The van der Waals surface area contributed by atoms with Crippen molar-refractivity contribution in [3.8, 4) is 22.3 Å². The van der Waals surface area contributed by atoms with Crippen molar-refractivity contribution < 1.29 is 42.2 Å². The van der Waals surface area contributed by atoms with Crippen LogP contribution in [0.2, 0.25) is 0 Å². The lowest BCUT2D eigenvalue weighted by Gasteiger charge is -2.34. The van der Waals surface area contributed by atoms with Crippen molar-refractivity contribution in [3.05, 3.63) is 295 Å².